The highest BCUT2D eigenvalue weighted by Gasteiger charge is 2.60. The summed E-state index contributed by atoms with van der Waals surface area (Å²) in [6, 6.07) is 9.15. The minimum absolute atomic E-state index is 0.00496. The van der Waals surface area contributed by atoms with Crippen LogP contribution in [-0.2, 0) is 37.1 Å². The zero-order valence-electron chi connectivity index (χ0n) is 32.5. The summed E-state index contributed by atoms with van der Waals surface area (Å²) < 4.78 is 10.8. The number of non-ortho nitro benzene ring substituents is 2. The van der Waals surface area contributed by atoms with E-state index in [1.54, 1.807) is 18.7 Å². The number of carbonyl (C=O) groups is 5. The van der Waals surface area contributed by atoms with Gasteiger partial charge in [0, 0.05) is 72.6 Å². The number of benzene rings is 2. The fraction of sp³-hybridized carbons (Fsp3) is 0.474. The Morgan fingerprint density at radius 2 is 1.49 bits per heavy atom. The number of hydrogen-bond acceptors (Lipinski definition) is 13. The minimum Gasteiger partial charge on any atom is -0.477 e. The van der Waals surface area contributed by atoms with Crippen LogP contribution in [0.15, 0.2) is 64.1 Å². The van der Waals surface area contributed by atoms with Crippen molar-refractivity contribution < 1.29 is 53.5 Å². The summed E-state index contributed by atoms with van der Waals surface area (Å²) in [6.07, 6.45) is -2.53. The van der Waals surface area contributed by atoms with Crippen LogP contribution in [0.25, 0.3) is 0 Å². The number of nitro benzene ring substituents is 2. The van der Waals surface area contributed by atoms with Gasteiger partial charge in [-0.05, 0) is 62.6 Å². The van der Waals surface area contributed by atoms with E-state index in [9.17, 15) is 54.4 Å². The third-order valence-electron chi connectivity index (χ3n) is 11.0. The molecule has 0 saturated carbocycles. The molecule has 3 saturated heterocycles. The number of aliphatic imine (C=N–C) groups is 1. The van der Waals surface area contributed by atoms with Crippen molar-refractivity contribution in [3.8, 4) is 0 Å². The highest BCUT2D eigenvalue weighted by atomic mass is 32.2. The van der Waals surface area contributed by atoms with Gasteiger partial charge >= 0.3 is 18.2 Å². The molecule has 4 aliphatic rings. The summed E-state index contributed by atoms with van der Waals surface area (Å²) in [5, 5.41) is 42.0. The van der Waals surface area contributed by atoms with Gasteiger partial charge in [-0.1, -0.05) is 6.92 Å². The number of carbonyl (C=O) groups excluding carboxylic acids is 4. The van der Waals surface area contributed by atoms with Crippen LogP contribution >= 0.6 is 11.8 Å². The molecular weight excluding hydrogens is 795 g/mol. The number of ether oxygens (including phenoxy) is 2. The number of aliphatic carboxylic acids is 1. The van der Waals surface area contributed by atoms with Crippen LogP contribution in [-0.4, -0.2) is 131 Å². The highest BCUT2D eigenvalue weighted by molar-refractivity contribution is 8.03. The monoisotopic (exact) mass is 837 g/mol. The van der Waals surface area contributed by atoms with Gasteiger partial charge in [0.25, 0.3) is 11.4 Å². The lowest BCUT2D eigenvalue weighted by Crippen LogP contribution is -2.63. The molecule has 20 nitrogen and oxygen atoms in total. The highest BCUT2D eigenvalue weighted by Crippen LogP contribution is 2.52. The number of nitrogens with zero attached hydrogens (tertiary/aromatic N) is 7. The second kappa shape index (κ2) is 17.4. The lowest BCUT2D eigenvalue weighted by atomic mass is 9.79. The summed E-state index contributed by atoms with van der Waals surface area (Å²) in [6.45, 7) is 7.07. The van der Waals surface area contributed by atoms with Crippen molar-refractivity contribution in [2.45, 2.75) is 76.8 Å². The molecule has 4 amide bonds. The Hall–Kier alpha value is -6.09. The van der Waals surface area contributed by atoms with Gasteiger partial charge in [0.05, 0.1) is 27.9 Å². The first-order chi connectivity index (χ1) is 28.0. The minimum atomic E-state index is -1.30. The molecule has 7 atom stereocenters. The van der Waals surface area contributed by atoms with Crippen molar-refractivity contribution in [2.24, 2.45) is 16.8 Å². The number of nitro groups is 2. The van der Waals surface area contributed by atoms with Crippen LogP contribution in [0.1, 0.15) is 45.2 Å². The number of carboxylic acid groups (broad SMARTS) is 1. The summed E-state index contributed by atoms with van der Waals surface area (Å²) in [4.78, 5) is 97.4. The molecular formula is C38H43N7O13S. The number of β-lactam (4-membered cyclic amide) rings is 1. The van der Waals surface area contributed by atoms with Gasteiger partial charge in [-0.2, -0.15) is 4.99 Å². The summed E-state index contributed by atoms with van der Waals surface area (Å²) >= 11 is 1.19. The van der Waals surface area contributed by atoms with Gasteiger partial charge in [-0.3, -0.25) is 34.7 Å². The topological polar surface area (TPSA) is 256 Å². The standard InChI is InChI=1S/C38H43N7O13S/c1-20-16-40(13-14-41(20)23(4)39-37(51)57-18-24-5-9-26(10-6-24)44(53)54)34(47)29-15-28(17-42(29)38(52)58-19-25-7-11-27(12-8-25)45(55)56)59-33-21(2)31-30(22(3)46)35(48)43(31)32(33)36(49)50/h5-12,20-22,28-31,46H,13-19H2,1-4H3,(H,49,50)/t20-,21+,22+,28-,29-,30+,31+/m0/s1. The fourth-order valence-electron chi connectivity index (χ4n) is 8.06. The van der Waals surface area contributed by atoms with Crippen molar-refractivity contribution in [2.75, 3.05) is 26.2 Å². The van der Waals surface area contributed by atoms with E-state index in [0.29, 0.717) is 21.9 Å². The largest absolute Gasteiger partial charge is 0.477 e. The van der Waals surface area contributed by atoms with Crippen LogP contribution in [0.2, 0.25) is 0 Å². The molecule has 2 aromatic carbocycles. The first-order valence-corrected chi connectivity index (χ1v) is 19.7. The van der Waals surface area contributed by atoms with Crippen LogP contribution in [0.5, 0.6) is 0 Å². The van der Waals surface area contributed by atoms with Crippen LogP contribution in [0.3, 0.4) is 0 Å². The average Bonchev–Trinajstić information content (AvgIpc) is 3.72. The molecule has 0 aromatic heterocycles. The lowest BCUT2D eigenvalue weighted by molar-refractivity contribution is -0.385. The Balaban J connectivity index is 1.14. The van der Waals surface area contributed by atoms with E-state index in [0.717, 1.165) is 0 Å². The molecule has 314 valence electrons. The molecule has 4 aliphatic heterocycles. The smallest absolute Gasteiger partial charge is 0.435 e. The Kier molecular flexibility index (Phi) is 12.5. The number of fused-ring (bicyclic) bond motifs is 1. The maximum Gasteiger partial charge on any atom is 0.435 e. The quantitative estimate of drug-likeness (QED) is 0.107. The second-order valence-corrected chi connectivity index (χ2v) is 16.2. The van der Waals surface area contributed by atoms with Crippen LogP contribution in [0.4, 0.5) is 21.0 Å². The maximum atomic E-state index is 14.3. The Labute approximate surface area is 341 Å². The van der Waals surface area contributed by atoms with Crippen LogP contribution in [0, 0.1) is 32.1 Å². The fourth-order valence-corrected chi connectivity index (χ4v) is 9.58. The Morgan fingerprint density at radius 3 is 2.02 bits per heavy atom. The lowest BCUT2D eigenvalue weighted by Gasteiger charge is -2.46. The number of carboxylic acids is 1. The number of aliphatic hydroxyl groups is 1. The van der Waals surface area contributed by atoms with Gasteiger partial charge in [0.2, 0.25) is 11.8 Å². The van der Waals surface area contributed by atoms with Gasteiger partial charge in [-0.15, -0.1) is 11.8 Å². The number of amides is 4. The summed E-state index contributed by atoms with van der Waals surface area (Å²) in [5.74, 6) is -2.99. The van der Waals surface area contributed by atoms with E-state index in [1.807, 2.05) is 11.8 Å². The van der Waals surface area contributed by atoms with E-state index in [1.165, 1.54) is 77.0 Å². The molecule has 0 spiro atoms. The van der Waals surface area contributed by atoms with E-state index in [-0.39, 0.29) is 74.8 Å². The normalized spacial score (nSPS) is 24.7. The number of piperazine rings is 1. The van der Waals surface area contributed by atoms with Crippen LogP contribution < -0.4 is 0 Å². The van der Waals surface area contributed by atoms with E-state index in [2.05, 4.69) is 4.99 Å². The van der Waals surface area contributed by atoms with Gasteiger partial charge in [-0.25, -0.2) is 14.4 Å². The zero-order valence-corrected chi connectivity index (χ0v) is 33.4. The summed E-state index contributed by atoms with van der Waals surface area (Å²) in [7, 11) is 0. The SMILES string of the molecule is CC(=NC(=O)OCc1ccc([N+](=O)[O-])cc1)N1CCN(C(=O)[C@@H]2C[C@H](SC3=C(C(=O)O)N4C(=O)[C@H]([C@@H](C)O)[C@H]4[C@H]3C)CN2C(=O)OCc2ccc([N+](=O)[O-])cc2)C[C@@H]1C. The predicted octanol–water partition coefficient (Wildman–Crippen LogP) is 3.76. The molecule has 0 radical (unpaired) electrons. The molecule has 2 aromatic rings. The molecule has 2 N–H and O–H groups in total. The molecule has 6 rings (SSSR count). The molecule has 59 heavy (non-hydrogen) atoms. The van der Waals surface area contributed by atoms with Gasteiger partial charge in [0.15, 0.2) is 0 Å². The number of hydrogen-bond donors (Lipinski definition) is 2. The molecule has 0 aliphatic carbocycles. The maximum absolute atomic E-state index is 14.3. The van der Waals surface area contributed by atoms with Gasteiger partial charge in [0.1, 0.15) is 30.8 Å². The third-order valence-corrected chi connectivity index (χ3v) is 12.5. The number of rotatable bonds is 11. The van der Waals surface area contributed by atoms with E-state index in [4.69, 9.17) is 9.47 Å². The first-order valence-electron chi connectivity index (χ1n) is 18.8. The zero-order chi connectivity index (χ0) is 42.9. The number of aliphatic hydroxyl groups excluding tert-OH is 1. The molecule has 3 fully saturated rings. The van der Waals surface area contributed by atoms with Crippen molar-refractivity contribution in [1.29, 1.82) is 0 Å². The number of thioether (sulfide) groups is 1. The van der Waals surface area contributed by atoms with E-state index >= 15 is 0 Å². The van der Waals surface area contributed by atoms with Crippen molar-refractivity contribution in [3.05, 3.63) is 90.5 Å². The van der Waals surface area contributed by atoms with Gasteiger partial charge < -0.3 is 34.4 Å². The number of likely N-dealkylation sites (tertiary alicyclic amines) is 1. The first kappa shape index (κ1) is 42.5. The third kappa shape index (κ3) is 8.85. The molecule has 0 unspecified atom stereocenters. The second-order valence-electron chi connectivity index (χ2n) is 14.9. The van der Waals surface area contributed by atoms with E-state index < -0.39 is 69.2 Å². The molecule has 0 bridgehead atoms. The predicted molar refractivity (Wildman–Crippen MR) is 209 cm³/mol. The number of amidine groups is 1. The Morgan fingerprint density at radius 1 is 0.915 bits per heavy atom. The summed E-state index contributed by atoms with van der Waals surface area (Å²) in [5.41, 5.74) is 0.612. The Bertz CT molecular complexity index is 2090. The van der Waals surface area contributed by atoms with Crippen molar-refractivity contribution in [1.82, 2.24) is 19.6 Å². The average molecular weight is 838 g/mol. The van der Waals surface area contributed by atoms with Crippen molar-refractivity contribution >= 4 is 58.9 Å². The van der Waals surface area contributed by atoms with Crippen molar-refractivity contribution in [3.63, 3.8) is 0 Å². The molecule has 21 heteroatoms. The molecule has 4 heterocycles.